The van der Waals surface area contributed by atoms with Gasteiger partial charge in [0.2, 0.25) is 10.0 Å². The van der Waals surface area contributed by atoms with Crippen molar-refractivity contribution < 1.29 is 21.6 Å². The zero-order valence-corrected chi connectivity index (χ0v) is 11.3. The Balaban J connectivity index is 3.13. The highest BCUT2D eigenvalue weighted by Crippen LogP contribution is 2.23. The monoisotopic (exact) mass is 296 g/mol. The van der Waals surface area contributed by atoms with Crippen LogP contribution in [0.1, 0.15) is 5.56 Å². The van der Waals surface area contributed by atoms with E-state index in [0.29, 0.717) is 9.87 Å². The Hall–Kier alpha value is -1.12. The molecule has 1 N–H and O–H groups in total. The van der Waals surface area contributed by atoms with Gasteiger partial charge in [0.15, 0.2) is 0 Å². The first kappa shape index (κ1) is 15.9. The van der Waals surface area contributed by atoms with Gasteiger partial charge in [-0.1, -0.05) is 18.2 Å². The van der Waals surface area contributed by atoms with E-state index in [2.05, 4.69) is 5.32 Å². The van der Waals surface area contributed by atoms with Gasteiger partial charge in [0.1, 0.15) is 6.54 Å². The Morgan fingerprint density at radius 3 is 2.37 bits per heavy atom. The first-order valence-corrected chi connectivity index (χ1v) is 6.88. The van der Waals surface area contributed by atoms with Crippen molar-refractivity contribution in [1.29, 1.82) is 0 Å². The minimum atomic E-state index is -4.57. The molecule has 0 amide bonds. The van der Waals surface area contributed by atoms with Crippen LogP contribution in [-0.2, 0) is 16.6 Å². The number of hydrogen-bond donors (Lipinski definition) is 1. The molecule has 0 aromatic heterocycles. The third-order valence-corrected chi connectivity index (χ3v) is 4.33. The third kappa shape index (κ3) is 4.19. The number of sulfonamides is 1. The van der Waals surface area contributed by atoms with E-state index in [1.54, 1.807) is 19.2 Å². The second kappa shape index (κ2) is 5.89. The number of rotatable bonds is 5. The fourth-order valence-corrected chi connectivity index (χ4v) is 2.97. The fourth-order valence-electron chi connectivity index (χ4n) is 1.60. The Labute approximate surface area is 110 Å². The molecule has 0 unspecified atom stereocenters. The minimum absolute atomic E-state index is 0.115. The summed E-state index contributed by atoms with van der Waals surface area (Å²) in [5.74, 6) is 0. The van der Waals surface area contributed by atoms with Crippen LogP contribution in [0.15, 0.2) is 29.2 Å². The standard InChI is InChI=1S/C11H15F3N2O2S/c1-15-7-9-5-3-4-6-10(9)19(17,18)16(2)8-11(12,13)14/h3-6,15H,7-8H2,1-2H3. The number of benzene rings is 1. The maximum absolute atomic E-state index is 12.3. The summed E-state index contributed by atoms with van der Waals surface area (Å²) >= 11 is 0. The SMILES string of the molecule is CNCc1ccccc1S(=O)(=O)N(C)CC(F)(F)F. The molecule has 8 heteroatoms. The van der Waals surface area contributed by atoms with Crippen LogP contribution in [0, 0.1) is 0 Å². The third-order valence-electron chi connectivity index (χ3n) is 2.43. The molecule has 4 nitrogen and oxygen atoms in total. The average molecular weight is 296 g/mol. The summed E-state index contributed by atoms with van der Waals surface area (Å²) in [5, 5.41) is 2.78. The van der Waals surface area contributed by atoms with Gasteiger partial charge in [0, 0.05) is 13.6 Å². The molecule has 0 bridgehead atoms. The summed E-state index contributed by atoms with van der Waals surface area (Å²) in [4.78, 5) is -0.115. The average Bonchev–Trinajstić information content (AvgIpc) is 2.27. The van der Waals surface area contributed by atoms with Crippen LogP contribution in [0.4, 0.5) is 13.2 Å². The van der Waals surface area contributed by atoms with E-state index in [0.717, 1.165) is 7.05 Å². The quantitative estimate of drug-likeness (QED) is 0.897. The Bertz CT molecular complexity index is 529. The predicted octanol–water partition coefficient (Wildman–Crippen LogP) is 1.59. The van der Waals surface area contributed by atoms with Crippen LogP contribution in [0.3, 0.4) is 0 Å². The largest absolute Gasteiger partial charge is 0.402 e. The van der Waals surface area contributed by atoms with Crippen molar-refractivity contribution in [1.82, 2.24) is 9.62 Å². The van der Waals surface area contributed by atoms with Gasteiger partial charge in [-0.25, -0.2) is 8.42 Å². The van der Waals surface area contributed by atoms with Crippen molar-refractivity contribution in [2.45, 2.75) is 17.6 Å². The molecule has 0 aliphatic heterocycles. The van der Waals surface area contributed by atoms with Gasteiger partial charge in [0.05, 0.1) is 4.90 Å². The molecule has 0 radical (unpaired) electrons. The molecule has 0 fully saturated rings. The Morgan fingerprint density at radius 1 is 1.26 bits per heavy atom. The van der Waals surface area contributed by atoms with Crippen LogP contribution < -0.4 is 5.32 Å². The first-order chi connectivity index (χ1) is 8.68. The highest BCUT2D eigenvalue weighted by Gasteiger charge is 2.35. The highest BCUT2D eigenvalue weighted by molar-refractivity contribution is 7.89. The van der Waals surface area contributed by atoms with Crippen molar-refractivity contribution in [2.75, 3.05) is 20.6 Å². The van der Waals surface area contributed by atoms with Crippen molar-refractivity contribution in [3.05, 3.63) is 29.8 Å². The van der Waals surface area contributed by atoms with E-state index < -0.39 is 22.7 Å². The number of alkyl halides is 3. The lowest BCUT2D eigenvalue weighted by Gasteiger charge is -2.20. The second-order valence-electron chi connectivity index (χ2n) is 4.01. The summed E-state index contributed by atoms with van der Waals surface area (Å²) in [6.07, 6.45) is -4.57. The maximum Gasteiger partial charge on any atom is 0.402 e. The lowest BCUT2D eigenvalue weighted by molar-refractivity contribution is -0.134. The van der Waals surface area contributed by atoms with Crippen molar-refractivity contribution in [3.63, 3.8) is 0 Å². The molecule has 0 saturated carbocycles. The van der Waals surface area contributed by atoms with E-state index in [-0.39, 0.29) is 11.4 Å². The summed E-state index contributed by atoms with van der Waals surface area (Å²) in [6.45, 7) is -1.25. The summed E-state index contributed by atoms with van der Waals surface area (Å²) in [6, 6.07) is 5.97. The lowest BCUT2D eigenvalue weighted by atomic mass is 10.2. The Morgan fingerprint density at radius 2 is 1.84 bits per heavy atom. The maximum atomic E-state index is 12.3. The summed E-state index contributed by atoms with van der Waals surface area (Å²) < 4.78 is 61.4. The van der Waals surface area contributed by atoms with Crippen LogP contribution in [0.5, 0.6) is 0 Å². The molecule has 0 saturated heterocycles. The molecule has 1 aromatic rings. The molecule has 19 heavy (non-hydrogen) atoms. The zero-order valence-electron chi connectivity index (χ0n) is 10.5. The first-order valence-electron chi connectivity index (χ1n) is 5.44. The minimum Gasteiger partial charge on any atom is -0.316 e. The zero-order chi connectivity index (χ0) is 14.7. The van der Waals surface area contributed by atoms with Crippen LogP contribution in [0.25, 0.3) is 0 Å². The van der Waals surface area contributed by atoms with Crippen molar-refractivity contribution in [2.24, 2.45) is 0 Å². The van der Waals surface area contributed by atoms with Gasteiger partial charge in [-0.05, 0) is 18.7 Å². The highest BCUT2D eigenvalue weighted by atomic mass is 32.2. The summed E-state index contributed by atoms with van der Waals surface area (Å²) in [7, 11) is -1.61. The van der Waals surface area contributed by atoms with Crippen molar-refractivity contribution >= 4 is 10.0 Å². The summed E-state index contributed by atoms with van der Waals surface area (Å²) in [5.41, 5.74) is 0.430. The van der Waals surface area contributed by atoms with Gasteiger partial charge < -0.3 is 5.32 Å². The molecule has 0 spiro atoms. The van der Waals surface area contributed by atoms with Crippen LogP contribution >= 0.6 is 0 Å². The van der Waals surface area contributed by atoms with Crippen LogP contribution in [-0.4, -0.2) is 39.5 Å². The molecular weight excluding hydrogens is 281 g/mol. The molecule has 0 heterocycles. The molecular formula is C11H15F3N2O2S. The van der Waals surface area contributed by atoms with Gasteiger partial charge in [-0.15, -0.1) is 0 Å². The fraction of sp³-hybridized carbons (Fsp3) is 0.455. The van der Waals surface area contributed by atoms with E-state index in [9.17, 15) is 21.6 Å². The smallest absolute Gasteiger partial charge is 0.316 e. The second-order valence-corrected chi connectivity index (χ2v) is 6.03. The number of nitrogens with zero attached hydrogens (tertiary/aromatic N) is 1. The topological polar surface area (TPSA) is 49.4 Å². The predicted molar refractivity (Wildman–Crippen MR) is 65.1 cm³/mol. The number of hydrogen-bond acceptors (Lipinski definition) is 3. The number of halogens is 3. The van der Waals surface area contributed by atoms with E-state index in [1.807, 2.05) is 0 Å². The van der Waals surface area contributed by atoms with Crippen LogP contribution in [0.2, 0.25) is 0 Å². The lowest BCUT2D eigenvalue weighted by Crippen LogP contribution is -2.36. The molecule has 1 rings (SSSR count). The van der Waals surface area contributed by atoms with Gasteiger partial charge >= 0.3 is 6.18 Å². The van der Waals surface area contributed by atoms with E-state index in [4.69, 9.17) is 0 Å². The molecule has 1 aromatic carbocycles. The molecule has 0 atom stereocenters. The van der Waals surface area contributed by atoms with Gasteiger partial charge in [0.25, 0.3) is 0 Å². The van der Waals surface area contributed by atoms with E-state index >= 15 is 0 Å². The van der Waals surface area contributed by atoms with Gasteiger partial charge in [-0.2, -0.15) is 17.5 Å². The van der Waals surface area contributed by atoms with Gasteiger partial charge in [-0.3, -0.25) is 0 Å². The van der Waals surface area contributed by atoms with Crippen molar-refractivity contribution in [3.8, 4) is 0 Å². The molecule has 0 aliphatic carbocycles. The normalized spacial score (nSPS) is 12.9. The van der Waals surface area contributed by atoms with E-state index in [1.165, 1.54) is 12.1 Å². The number of nitrogens with one attached hydrogen (secondary N) is 1. The molecule has 108 valence electrons. The Kier molecular flexibility index (Phi) is 4.94. The molecule has 0 aliphatic rings.